The van der Waals surface area contributed by atoms with Gasteiger partial charge in [-0.05, 0) is 60.7 Å². The SMILES string of the molecule is C[C@H](CCC(=O)O)[C@H]1CCC2[C@@H]3C(=O)C[C@@H]4CC(=O)CC[C@]4(C)[C@H]3CC(=O)[C@@]21C. The third-order valence-corrected chi connectivity index (χ3v) is 9.72. The lowest BCUT2D eigenvalue weighted by Crippen LogP contribution is -2.60. The number of fused-ring (bicyclic) bond motifs is 5. The number of carbonyl (C=O) groups is 4. The Balaban J connectivity index is 1.63. The molecule has 8 atom stereocenters. The molecule has 5 nitrogen and oxygen atoms in total. The van der Waals surface area contributed by atoms with Crippen molar-refractivity contribution < 1.29 is 24.3 Å². The number of Topliss-reactive ketones (excluding diaryl/α,β-unsaturated/α-hetero) is 3. The number of rotatable bonds is 4. The van der Waals surface area contributed by atoms with E-state index in [-0.39, 0.29) is 64.7 Å². The Hall–Kier alpha value is -1.52. The van der Waals surface area contributed by atoms with E-state index in [9.17, 15) is 19.2 Å². The molecule has 0 aromatic carbocycles. The molecule has 160 valence electrons. The number of aliphatic carboxylic acids is 1. The fourth-order valence-electron chi connectivity index (χ4n) is 7.94. The van der Waals surface area contributed by atoms with Crippen molar-refractivity contribution in [3.05, 3.63) is 0 Å². The molecule has 0 aliphatic heterocycles. The molecule has 0 spiro atoms. The van der Waals surface area contributed by atoms with Crippen molar-refractivity contribution in [2.45, 2.75) is 78.6 Å². The maximum Gasteiger partial charge on any atom is 0.303 e. The third-order valence-electron chi connectivity index (χ3n) is 9.72. The summed E-state index contributed by atoms with van der Waals surface area (Å²) in [5.41, 5.74) is -0.598. The Morgan fingerprint density at radius 2 is 1.83 bits per heavy atom. The highest BCUT2D eigenvalue weighted by Gasteiger charge is 2.66. The summed E-state index contributed by atoms with van der Waals surface area (Å²) >= 11 is 0. The van der Waals surface area contributed by atoms with Gasteiger partial charge in [0.2, 0.25) is 0 Å². The number of carboxylic acid groups (broad SMARTS) is 1. The van der Waals surface area contributed by atoms with Gasteiger partial charge in [-0.15, -0.1) is 0 Å². The second-order valence-electron chi connectivity index (χ2n) is 10.9. The molecule has 0 amide bonds. The first-order chi connectivity index (χ1) is 13.6. The first kappa shape index (κ1) is 20.7. The normalized spacial score (nSPS) is 45.3. The first-order valence-corrected chi connectivity index (χ1v) is 11.4. The minimum absolute atomic E-state index is 0.0659. The van der Waals surface area contributed by atoms with Gasteiger partial charge < -0.3 is 5.11 Å². The first-order valence-electron chi connectivity index (χ1n) is 11.4. The smallest absolute Gasteiger partial charge is 0.303 e. The average Bonchev–Trinajstić information content (AvgIpc) is 3.01. The fourth-order valence-corrected chi connectivity index (χ4v) is 7.94. The molecule has 29 heavy (non-hydrogen) atoms. The summed E-state index contributed by atoms with van der Waals surface area (Å²) in [7, 11) is 0. The van der Waals surface area contributed by atoms with Gasteiger partial charge in [0.25, 0.3) is 0 Å². The molecule has 4 saturated carbocycles. The van der Waals surface area contributed by atoms with Crippen molar-refractivity contribution >= 4 is 23.3 Å². The van der Waals surface area contributed by atoms with E-state index in [2.05, 4.69) is 20.8 Å². The van der Waals surface area contributed by atoms with Crippen molar-refractivity contribution in [3.8, 4) is 0 Å². The Labute approximate surface area is 173 Å². The van der Waals surface area contributed by atoms with Crippen molar-refractivity contribution in [2.75, 3.05) is 0 Å². The van der Waals surface area contributed by atoms with Gasteiger partial charge in [0, 0.05) is 43.4 Å². The molecule has 0 bridgehead atoms. The molecule has 0 saturated heterocycles. The van der Waals surface area contributed by atoms with Gasteiger partial charge in [-0.1, -0.05) is 20.8 Å². The van der Waals surface area contributed by atoms with E-state index in [1.807, 2.05) is 0 Å². The van der Waals surface area contributed by atoms with Gasteiger partial charge in [0.1, 0.15) is 17.3 Å². The van der Waals surface area contributed by atoms with Crippen LogP contribution < -0.4 is 0 Å². The molecule has 1 N–H and O–H groups in total. The van der Waals surface area contributed by atoms with Gasteiger partial charge in [-0.3, -0.25) is 19.2 Å². The molecule has 0 aromatic heterocycles. The molecule has 5 heteroatoms. The lowest BCUT2D eigenvalue weighted by molar-refractivity contribution is -0.166. The van der Waals surface area contributed by atoms with E-state index < -0.39 is 11.4 Å². The molecular weight excluding hydrogens is 368 g/mol. The zero-order valence-electron chi connectivity index (χ0n) is 17.9. The van der Waals surface area contributed by atoms with Gasteiger partial charge in [-0.25, -0.2) is 0 Å². The minimum Gasteiger partial charge on any atom is -0.481 e. The van der Waals surface area contributed by atoms with Crippen molar-refractivity contribution in [1.29, 1.82) is 0 Å². The van der Waals surface area contributed by atoms with Gasteiger partial charge in [0.05, 0.1) is 0 Å². The average molecular weight is 403 g/mol. The van der Waals surface area contributed by atoms with E-state index in [1.54, 1.807) is 0 Å². The second kappa shape index (κ2) is 7.02. The quantitative estimate of drug-likeness (QED) is 0.766. The lowest BCUT2D eigenvalue weighted by Gasteiger charge is -2.58. The number of carboxylic acids is 1. The maximum absolute atomic E-state index is 13.6. The second-order valence-corrected chi connectivity index (χ2v) is 10.9. The summed E-state index contributed by atoms with van der Waals surface area (Å²) in [6.45, 7) is 6.37. The van der Waals surface area contributed by atoms with Crippen LogP contribution in [0.4, 0.5) is 0 Å². The van der Waals surface area contributed by atoms with E-state index in [0.29, 0.717) is 32.1 Å². The molecular formula is C24H34O5. The Bertz CT molecular complexity index is 756. The van der Waals surface area contributed by atoms with Crippen LogP contribution in [-0.4, -0.2) is 28.4 Å². The van der Waals surface area contributed by atoms with Gasteiger partial charge in [0.15, 0.2) is 0 Å². The van der Waals surface area contributed by atoms with Crippen molar-refractivity contribution in [3.63, 3.8) is 0 Å². The summed E-state index contributed by atoms with van der Waals surface area (Å²) in [6, 6.07) is 0. The molecule has 4 aliphatic carbocycles. The highest BCUT2D eigenvalue weighted by Crippen LogP contribution is 2.66. The Kier molecular flexibility index (Phi) is 5.02. The molecule has 4 fully saturated rings. The summed E-state index contributed by atoms with van der Waals surface area (Å²) in [6.07, 6.45) is 5.33. The Morgan fingerprint density at radius 1 is 1.10 bits per heavy atom. The standard InChI is InChI=1S/C24H34O5/c1-13(4-7-21(28)29)16-5-6-17-22-18(12-20(27)24(16,17)3)23(2)9-8-15(25)10-14(23)11-19(22)26/h13-14,16-18,22H,4-12H2,1-3H3,(H,28,29)/t13-,14+,16-,17?,18+,22+,23+,24-/m1/s1. The monoisotopic (exact) mass is 402 g/mol. The third kappa shape index (κ3) is 3.02. The number of hydrogen-bond donors (Lipinski definition) is 1. The summed E-state index contributed by atoms with van der Waals surface area (Å²) in [5.74, 6) is 0.524. The van der Waals surface area contributed by atoms with E-state index >= 15 is 0 Å². The van der Waals surface area contributed by atoms with Crippen LogP contribution in [0.5, 0.6) is 0 Å². The molecule has 0 heterocycles. The summed E-state index contributed by atoms with van der Waals surface area (Å²) < 4.78 is 0. The molecule has 0 aromatic rings. The summed E-state index contributed by atoms with van der Waals surface area (Å²) in [4.78, 5) is 50.0. The zero-order chi connectivity index (χ0) is 21.1. The van der Waals surface area contributed by atoms with Crippen LogP contribution in [0.15, 0.2) is 0 Å². The highest BCUT2D eigenvalue weighted by atomic mass is 16.4. The van der Waals surface area contributed by atoms with Crippen molar-refractivity contribution in [1.82, 2.24) is 0 Å². The maximum atomic E-state index is 13.6. The number of carbonyl (C=O) groups excluding carboxylic acids is 3. The van der Waals surface area contributed by atoms with Gasteiger partial charge >= 0.3 is 5.97 Å². The van der Waals surface area contributed by atoms with E-state index in [1.165, 1.54) is 0 Å². The van der Waals surface area contributed by atoms with Gasteiger partial charge in [-0.2, -0.15) is 0 Å². The van der Waals surface area contributed by atoms with E-state index in [0.717, 1.165) is 19.3 Å². The van der Waals surface area contributed by atoms with Crippen LogP contribution in [-0.2, 0) is 19.2 Å². The number of ketones is 3. The highest BCUT2D eigenvalue weighted by molar-refractivity contribution is 5.93. The largest absolute Gasteiger partial charge is 0.481 e. The van der Waals surface area contributed by atoms with Crippen LogP contribution >= 0.6 is 0 Å². The zero-order valence-corrected chi connectivity index (χ0v) is 17.9. The molecule has 0 radical (unpaired) electrons. The molecule has 4 rings (SSSR count). The van der Waals surface area contributed by atoms with Crippen LogP contribution in [0, 0.1) is 46.3 Å². The predicted molar refractivity (Wildman–Crippen MR) is 107 cm³/mol. The Morgan fingerprint density at radius 3 is 2.52 bits per heavy atom. The van der Waals surface area contributed by atoms with Crippen LogP contribution in [0.2, 0.25) is 0 Å². The van der Waals surface area contributed by atoms with E-state index in [4.69, 9.17) is 5.11 Å². The summed E-state index contributed by atoms with van der Waals surface area (Å²) in [5, 5.41) is 9.06. The molecule has 1 unspecified atom stereocenters. The van der Waals surface area contributed by atoms with Crippen LogP contribution in [0.25, 0.3) is 0 Å². The van der Waals surface area contributed by atoms with Crippen LogP contribution in [0.3, 0.4) is 0 Å². The minimum atomic E-state index is -0.792. The van der Waals surface area contributed by atoms with Crippen molar-refractivity contribution in [2.24, 2.45) is 46.3 Å². The van der Waals surface area contributed by atoms with Crippen LogP contribution in [0.1, 0.15) is 78.6 Å². The topological polar surface area (TPSA) is 88.5 Å². The lowest BCUT2D eigenvalue weighted by atomic mass is 9.44. The predicted octanol–water partition coefficient (Wildman–Crippen LogP) is 4.07. The fraction of sp³-hybridized carbons (Fsp3) is 0.833. The molecule has 4 aliphatic rings. The number of hydrogen-bond acceptors (Lipinski definition) is 4.